The van der Waals surface area contributed by atoms with Gasteiger partial charge in [-0.25, -0.2) is 0 Å². The van der Waals surface area contributed by atoms with E-state index < -0.39 is 0 Å². The fourth-order valence-electron chi connectivity index (χ4n) is 3.54. The van der Waals surface area contributed by atoms with Crippen LogP contribution in [0.5, 0.6) is 0 Å². The van der Waals surface area contributed by atoms with E-state index in [2.05, 4.69) is 46.1 Å². The van der Waals surface area contributed by atoms with Crippen LogP contribution in [0.2, 0.25) is 0 Å². The van der Waals surface area contributed by atoms with Gasteiger partial charge in [0.15, 0.2) is 0 Å². The van der Waals surface area contributed by atoms with Gasteiger partial charge in [0, 0.05) is 55.0 Å². The van der Waals surface area contributed by atoms with Crippen LogP contribution in [0.3, 0.4) is 0 Å². The molecule has 0 amide bonds. The molecule has 1 aliphatic heterocycles. The smallest absolute Gasteiger partial charge is 0.0486 e. The van der Waals surface area contributed by atoms with Crippen molar-refractivity contribution in [2.45, 2.75) is 32.9 Å². The van der Waals surface area contributed by atoms with Crippen LogP contribution in [0.1, 0.15) is 22.4 Å². The number of hydrogen-bond donors (Lipinski definition) is 1. The average Bonchev–Trinajstić information content (AvgIpc) is 2.87. The number of nitrogens with zero attached hydrogens (tertiary/aromatic N) is 2. The van der Waals surface area contributed by atoms with Crippen LogP contribution in [-0.2, 0) is 25.9 Å². The molecule has 0 radical (unpaired) electrons. The molecule has 4 rings (SSSR count). The predicted molar refractivity (Wildman–Crippen MR) is 90.0 cm³/mol. The van der Waals surface area contributed by atoms with Crippen LogP contribution in [0, 0.1) is 6.92 Å². The summed E-state index contributed by atoms with van der Waals surface area (Å²) in [5.41, 5.74) is 7.03. The first-order valence-electron chi connectivity index (χ1n) is 8.03. The summed E-state index contributed by atoms with van der Waals surface area (Å²) in [6.07, 6.45) is 5.97. The molecule has 22 heavy (non-hydrogen) atoms. The Bertz CT molecular complexity index is 802. The topological polar surface area (TPSA) is 29.9 Å². The van der Waals surface area contributed by atoms with Crippen LogP contribution in [0.4, 0.5) is 0 Å². The molecule has 0 saturated carbocycles. The van der Waals surface area contributed by atoms with E-state index in [0.29, 0.717) is 0 Å². The largest absolute Gasteiger partial charge is 0.344 e. The molecule has 3 heteroatoms. The highest BCUT2D eigenvalue weighted by molar-refractivity contribution is 5.86. The quantitative estimate of drug-likeness (QED) is 0.803. The fraction of sp³-hybridized carbons (Fsp3) is 0.316. The van der Waals surface area contributed by atoms with E-state index in [0.717, 1.165) is 32.5 Å². The number of aromatic nitrogens is 2. The number of hydrogen-bond acceptors (Lipinski definition) is 2. The highest BCUT2D eigenvalue weighted by atomic mass is 15.0. The summed E-state index contributed by atoms with van der Waals surface area (Å²) in [5.74, 6) is 0. The lowest BCUT2D eigenvalue weighted by atomic mass is 10.0. The van der Waals surface area contributed by atoms with Gasteiger partial charge in [0.1, 0.15) is 0 Å². The van der Waals surface area contributed by atoms with Crippen LogP contribution in [-0.4, -0.2) is 16.1 Å². The monoisotopic (exact) mass is 291 g/mol. The minimum Gasteiger partial charge on any atom is -0.344 e. The first-order chi connectivity index (χ1) is 10.8. The molecule has 3 nitrogen and oxygen atoms in total. The van der Waals surface area contributed by atoms with E-state index in [1.165, 1.54) is 33.3 Å². The molecule has 0 atom stereocenters. The third-order valence-corrected chi connectivity index (χ3v) is 4.63. The van der Waals surface area contributed by atoms with Crippen molar-refractivity contribution in [1.29, 1.82) is 0 Å². The van der Waals surface area contributed by atoms with Crippen molar-refractivity contribution in [3.05, 3.63) is 65.1 Å². The number of rotatable bonds is 3. The van der Waals surface area contributed by atoms with Gasteiger partial charge in [-0.1, -0.05) is 17.7 Å². The Hall–Kier alpha value is -2.13. The van der Waals surface area contributed by atoms with Gasteiger partial charge in [-0.05, 0) is 42.7 Å². The minimum atomic E-state index is 0.995. The first kappa shape index (κ1) is 13.5. The molecule has 3 heterocycles. The molecular formula is C19H21N3. The second-order valence-corrected chi connectivity index (χ2v) is 6.14. The number of fused-ring (bicyclic) bond motifs is 3. The lowest BCUT2D eigenvalue weighted by Crippen LogP contribution is -2.24. The van der Waals surface area contributed by atoms with Gasteiger partial charge in [-0.3, -0.25) is 4.98 Å². The van der Waals surface area contributed by atoms with Crippen molar-refractivity contribution in [2.24, 2.45) is 0 Å². The van der Waals surface area contributed by atoms with Crippen molar-refractivity contribution < 1.29 is 0 Å². The van der Waals surface area contributed by atoms with E-state index in [1.807, 2.05) is 18.5 Å². The van der Waals surface area contributed by atoms with E-state index in [1.54, 1.807) is 0 Å². The molecule has 1 aromatic carbocycles. The summed E-state index contributed by atoms with van der Waals surface area (Å²) >= 11 is 0. The molecule has 0 bridgehead atoms. The van der Waals surface area contributed by atoms with Gasteiger partial charge in [-0.15, -0.1) is 0 Å². The highest BCUT2D eigenvalue weighted by Crippen LogP contribution is 2.29. The standard InChI is InChI=1S/C19H21N3/c1-14-4-5-18-16(11-14)17-13-21-9-6-19(17)22(18)10-7-15-3-2-8-20-12-15/h2-5,8,11-12,21H,6-7,9-10,13H2,1H3. The third-order valence-electron chi connectivity index (χ3n) is 4.63. The zero-order valence-corrected chi connectivity index (χ0v) is 13.0. The maximum absolute atomic E-state index is 4.23. The Labute approximate surface area is 131 Å². The number of benzene rings is 1. The first-order valence-corrected chi connectivity index (χ1v) is 8.03. The second-order valence-electron chi connectivity index (χ2n) is 6.14. The molecule has 0 spiro atoms. The molecule has 2 aromatic heterocycles. The summed E-state index contributed by atoms with van der Waals surface area (Å²) in [4.78, 5) is 4.23. The molecule has 3 aromatic rings. The fourth-order valence-corrected chi connectivity index (χ4v) is 3.54. The van der Waals surface area contributed by atoms with Crippen molar-refractivity contribution in [3.63, 3.8) is 0 Å². The molecular weight excluding hydrogens is 270 g/mol. The van der Waals surface area contributed by atoms with Crippen molar-refractivity contribution in [2.75, 3.05) is 6.54 Å². The maximum atomic E-state index is 4.23. The van der Waals surface area contributed by atoms with Gasteiger partial charge in [0.05, 0.1) is 0 Å². The van der Waals surface area contributed by atoms with Crippen molar-refractivity contribution in [3.8, 4) is 0 Å². The third kappa shape index (κ3) is 2.32. The molecule has 0 aliphatic carbocycles. The van der Waals surface area contributed by atoms with E-state index in [9.17, 15) is 0 Å². The Morgan fingerprint density at radius 2 is 2.23 bits per heavy atom. The maximum Gasteiger partial charge on any atom is 0.0486 e. The Kier molecular flexibility index (Phi) is 3.43. The summed E-state index contributed by atoms with van der Waals surface area (Å²) in [6.45, 7) is 5.28. The van der Waals surface area contributed by atoms with E-state index in [4.69, 9.17) is 0 Å². The second kappa shape index (κ2) is 5.58. The van der Waals surface area contributed by atoms with Gasteiger partial charge < -0.3 is 9.88 Å². The molecule has 0 unspecified atom stereocenters. The number of pyridine rings is 1. The molecule has 1 aliphatic rings. The average molecular weight is 291 g/mol. The normalized spacial score (nSPS) is 14.2. The SMILES string of the molecule is Cc1ccc2c(c1)c1c(n2CCc2cccnc2)CCNC1. The highest BCUT2D eigenvalue weighted by Gasteiger charge is 2.19. The molecule has 0 fully saturated rings. The summed E-state index contributed by atoms with van der Waals surface area (Å²) < 4.78 is 2.53. The van der Waals surface area contributed by atoms with Crippen LogP contribution in [0.25, 0.3) is 10.9 Å². The lowest BCUT2D eigenvalue weighted by molar-refractivity contribution is 0.594. The zero-order chi connectivity index (χ0) is 14.9. The van der Waals surface area contributed by atoms with Crippen LogP contribution in [0.15, 0.2) is 42.7 Å². The van der Waals surface area contributed by atoms with Gasteiger partial charge in [0.2, 0.25) is 0 Å². The molecule has 0 saturated heterocycles. The van der Waals surface area contributed by atoms with Gasteiger partial charge in [0.25, 0.3) is 0 Å². The number of aryl methyl sites for hydroxylation is 3. The van der Waals surface area contributed by atoms with Crippen LogP contribution < -0.4 is 5.32 Å². The minimum absolute atomic E-state index is 0.995. The van der Waals surface area contributed by atoms with E-state index >= 15 is 0 Å². The Morgan fingerprint density at radius 3 is 3.09 bits per heavy atom. The van der Waals surface area contributed by atoms with Crippen molar-refractivity contribution in [1.82, 2.24) is 14.9 Å². The zero-order valence-electron chi connectivity index (χ0n) is 13.0. The lowest BCUT2D eigenvalue weighted by Gasteiger charge is -2.17. The Balaban J connectivity index is 1.76. The molecule has 112 valence electrons. The van der Waals surface area contributed by atoms with E-state index in [-0.39, 0.29) is 0 Å². The van der Waals surface area contributed by atoms with Crippen LogP contribution >= 0.6 is 0 Å². The number of nitrogens with one attached hydrogen (secondary N) is 1. The summed E-state index contributed by atoms with van der Waals surface area (Å²) in [5, 5.41) is 4.94. The van der Waals surface area contributed by atoms with Crippen molar-refractivity contribution >= 4 is 10.9 Å². The van der Waals surface area contributed by atoms with Gasteiger partial charge >= 0.3 is 0 Å². The predicted octanol–water partition coefficient (Wildman–Crippen LogP) is 3.23. The Morgan fingerprint density at radius 1 is 1.27 bits per heavy atom. The summed E-state index contributed by atoms with van der Waals surface area (Å²) in [7, 11) is 0. The summed E-state index contributed by atoms with van der Waals surface area (Å²) in [6, 6.07) is 11.0. The molecule has 1 N–H and O–H groups in total. The van der Waals surface area contributed by atoms with Gasteiger partial charge in [-0.2, -0.15) is 0 Å².